The molecular formula is C17H16FN5O. The molecule has 3 aromatic rings. The van der Waals surface area contributed by atoms with Crippen molar-refractivity contribution in [2.24, 2.45) is 5.73 Å². The van der Waals surface area contributed by atoms with Crippen molar-refractivity contribution in [3.8, 4) is 22.4 Å². The zero-order valence-electron chi connectivity index (χ0n) is 13.0. The molecule has 24 heavy (non-hydrogen) atoms. The number of nitrogens with zero attached hydrogens (tertiary/aromatic N) is 2. The van der Waals surface area contributed by atoms with Crippen LogP contribution >= 0.6 is 0 Å². The van der Waals surface area contributed by atoms with Gasteiger partial charge in [-0.25, -0.2) is 4.39 Å². The fourth-order valence-corrected chi connectivity index (χ4v) is 2.29. The van der Waals surface area contributed by atoms with Gasteiger partial charge in [0.2, 0.25) is 5.91 Å². The monoisotopic (exact) mass is 325 g/mol. The Morgan fingerprint density at radius 3 is 2.46 bits per heavy atom. The molecule has 0 unspecified atom stereocenters. The largest absolute Gasteiger partial charge is 0.320 e. The van der Waals surface area contributed by atoms with Crippen LogP contribution in [0, 0.1) is 5.82 Å². The molecule has 122 valence electrons. The van der Waals surface area contributed by atoms with E-state index in [1.54, 1.807) is 43.6 Å². The molecule has 0 aliphatic carbocycles. The quantitative estimate of drug-likeness (QED) is 0.687. The Balaban J connectivity index is 2.11. The van der Waals surface area contributed by atoms with Gasteiger partial charge in [-0.3, -0.25) is 14.9 Å². The molecule has 1 aromatic carbocycles. The average Bonchev–Trinajstić information content (AvgIpc) is 2.99. The van der Waals surface area contributed by atoms with Gasteiger partial charge in [-0.05, 0) is 48.9 Å². The fourth-order valence-electron chi connectivity index (χ4n) is 2.29. The van der Waals surface area contributed by atoms with Gasteiger partial charge in [0, 0.05) is 18.0 Å². The number of carbonyl (C=O) groups excluding carboxylic acids is 1. The SMILES string of the molecule is C[C@H](N)C(=O)Nc1n[nH]c(-c2ccc(F)cc2)c1-c1ccncc1. The Morgan fingerprint density at radius 2 is 1.83 bits per heavy atom. The summed E-state index contributed by atoms with van der Waals surface area (Å²) in [4.78, 5) is 15.9. The number of hydrogen-bond donors (Lipinski definition) is 3. The molecule has 2 aromatic heterocycles. The van der Waals surface area contributed by atoms with Crippen molar-refractivity contribution in [2.45, 2.75) is 13.0 Å². The van der Waals surface area contributed by atoms with Gasteiger partial charge in [0.05, 0.1) is 17.3 Å². The van der Waals surface area contributed by atoms with Crippen LogP contribution in [-0.2, 0) is 4.79 Å². The lowest BCUT2D eigenvalue weighted by Crippen LogP contribution is -2.32. The van der Waals surface area contributed by atoms with Crippen LogP contribution in [0.1, 0.15) is 6.92 Å². The normalized spacial score (nSPS) is 12.0. The molecule has 0 saturated heterocycles. The number of hydrogen-bond acceptors (Lipinski definition) is 4. The molecule has 0 aliphatic rings. The minimum absolute atomic E-state index is 0.325. The van der Waals surface area contributed by atoms with Crippen molar-refractivity contribution in [2.75, 3.05) is 5.32 Å². The van der Waals surface area contributed by atoms with Gasteiger partial charge in [0.1, 0.15) is 5.82 Å². The van der Waals surface area contributed by atoms with Gasteiger partial charge in [-0.2, -0.15) is 5.10 Å². The number of carbonyl (C=O) groups is 1. The molecule has 0 radical (unpaired) electrons. The second kappa shape index (κ2) is 6.59. The summed E-state index contributed by atoms with van der Waals surface area (Å²) < 4.78 is 13.2. The number of halogens is 1. The third-order valence-corrected chi connectivity index (χ3v) is 3.52. The van der Waals surface area contributed by atoms with Crippen molar-refractivity contribution in [1.29, 1.82) is 0 Å². The number of nitrogens with two attached hydrogens (primary N) is 1. The smallest absolute Gasteiger partial charge is 0.242 e. The zero-order valence-corrected chi connectivity index (χ0v) is 13.0. The van der Waals surface area contributed by atoms with Crippen LogP contribution in [0.5, 0.6) is 0 Å². The lowest BCUT2D eigenvalue weighted by molar-refractivity contribution is -0.117. The van der Waals surface area contributed by atoms with Crippen molar-refractivity contribution >= 4 is 11.7 Å². The first-order valence-corrected chi connectivity index (χ1v) is 7.37. The molecule has 1 atom stereocenters. The number of aromatic nitrogens is 3. The highest BCUT2D eigenvalue weighted by molar-refractivity contribution is 5.99. The van der Waals surface area contributed by atoms with Crippen LogP contribution in [0.15, 0.2) is 48.8 Å². The van der Waals surface area contributed by atoms with E-state index in [0.29, 0.717) is 17.1 Å². The summed E-state index contributed by atoms with van der Waals surface area (Å²) in [5.74, 6) is -0.306. The third-order valence-electron chi connectivity index (χ3n) is 3.52. The maximum absolute atomic E-state index is 13.2. The van der Waals surface area contributed by atoms with Crippen molar-refractivity contribution in [1.82, 2.24) is 15.2 Å². The molecule has 1 amide bonds. The Hall–Kier alpha value is -3.06. The summed E-state index contributed by atoms with van der Waals surface area (Å²) in [6, 6.07) is 8.97. The van der Waals surface area contributed by atoms with E-state index in [1.165, 1.54) is 12.1 Å². The number of pyridine rings is 1. The Bertz CT molecular complexity index is 843. The highest BCUT2D eigenvalue weighted by Crippen LogP contribution is 2.35. The van der Waals surface area contributed by atoms with E-state index >= 15 is 0 Å². The number of rotatable bonds is 4. The second-order valence-electron chi connectivity index (χ2n) is 5.34. The van der Waals surface area contributed by atoms with E-state index in [4.69, 9.17) is 5.73 Å². The van der Waals surface area contributed by atoms with Crippen LogP contribution in [0.4, 0.5) is 10.2 Å². The summed E-state index contributed by atoms with van der Waals surface area (Å²) in [6.45, 7) is 1.59. The van der Waals surface area contributed by atoms with E-state index in [2.05, 4.69) is 20.5 Å². The number of H-pyrrole nitrogens is 1. The molecular weight excluding hydrogens is 309 g/mol. The highest BCUT2D eigenvalue weighted by Gasteiger charge is 2.19. The number of aromatic amines is 1. The first-order chi connectivity index (χ1) is 11.6. The minimum Gasteiger partial charge on any atom is -0.320 e. The van der Waals surface area contributed by atoms with Gasteiger partial charge in [-0.15, -0.1) is 0 Å². The van der Waals surface area contributed by atoms with E-state index in [1.807, 2.05) is 0 Å². The van der Waals surface area contributed by atoms with Gasteiger partial charge >= 0.3 is 0 Å². The molecule has 7 heteroatoms. The van der Waals surface area contributed by atoms with Crippen LogP contribution in [0.3, 0.4) is 0 Å². The molecule has 0 fully saturated rings. The lowest BCUT2D eigenvalue weighted by atomic mass is 10.0. The summed E-state index contributed by atoms with van der Waals surface area (Å²) >= 11 is 0. The first kappa shape index (κ1) is 15.8. The topological polar surface area (TPSA) is 96.7 Å². The average molecular weight is 325 g/mol. The number of benzene rings is 1. The molecule has 0 aliphatic heterocycles. The van der Waals surface area contributed by atoms with Gasteiger partial charge in [0.15, 0.2) is 5.82 Å². The predicted molar refractivity (Wildman–Crippen MR) is 89.5 cm³/mol. The number of amides is 1. The fraction of sp³-hybridized carbons (Fsp3) is 0.118. The summed E-state index contributed by atoms with van der Waals surface area (Å²) in [5, 5.41) is 9.80. The number of nitrogens with one attached hydrogen (secondary N) is 2. The zero-order chi connectivity index (χ0) is 17.1. The molecule has 0 bridgehead atoms. The molecule has 0 spiro atoms. The second-order valence-corrected chi connectivity index (χ2v) is 5.34. The molecule has 4 N–H and O–H groups in total. The maximum atomic E-state index is 13.2. The van der Waals surface area contributed by atoms with E-state index in [0.717, 1.165) is 11.1 Å². The predicted octanol–water partition coefficient (Wildman–Crippen LogP) is 2.56. The summed E-state index contributed by atoms with van der Waals surface area (Å²) in [5.41, 5.74) is 8.53. The maximum Gasteiger partial charge on any atom is 0.242 e. The third kappa shape index (κ3) is 3.16. The Labute approximate surface area is 137 Å². The van der Waals surface area contributed by atoms with Crippen molar-refractivity contribution in [3.63, 3.8) is 0 Å². The van der Waals surface area contributed by atoms with Crippen LogP contribution in [-0.4, -0.2) is 27.1 Å². The Morgan fingerprint density at radius 1 is 1.17 bits per heavy atom. The number of anilines is 1. The highest BCUT2D eigenvalue weighted by atomic mass is 19.1. The van der Waals surface area contributed by atoms with E-state index in [9.17, 15) is 9.18 Å². The molecule has 6 nitrogen and oxygen atoms in total. The van der Waals surface area contributed by atoms with E-state index in [-0.39, 0.29) is 11.7 Å². The summed E-state index contributed by atoms with van der Waals surface area (Å²) in [7, 11) is 0. The van der Waals surface area contributed by atoms with Gasteiger partial charge in [0.25, 0.3) is 0 Å². The molecule has 3 rings (SSSR count). The van der Waals surface area contributed by atoms with Crippen LogP contribution in [0.25, 0.3) is 22.4 Å². The van der Waals surface area contributed by atoms with Gasteiger partial charge < -0.3 is 11.1 Å². The standard InChI is InChI=1S/C17H16FN5O/c1-10(19)17(24)21-16-14(11-6-8-20-9-7-11)15(22-23-16)12-2-4-13(18)5-3-12/h2-10H,19H2,1H3,(H2,21,22,23,24)/t10-/m0/s1. The lowest BCUT2D eigenvalue weighted by Gasteiger charge is -2.09. The van der Waals surface area contributed by atoms with Crippen LogP contribution < -0.4 is 11.1 Å². The van der Waals surface area contributed by atoms with Crippen molar-refractivity contribution < 1.29 is 9.18 Å². The van der Waals surface area contributed by atoms with E-state index < -0.39 is 6.04 Å². The van der Waals surface area contributed by atoms with Crippen LogP contribution in [0.2, 0.25) is 0 Å². The summed E-state index contributed by atoms with van der Waals surface area (Å²) in [6.07, 6.45) is 3.29. The molecule has 2 heterocycles. The minimum atomic E-state index is -0.665. The first-order valence-electron chi connectivity index (χ1n) is 7.37. The van der Waals surface area contributed by atoms with Gasteiger partial charge in [-0.1, -0.05) is 0 Å². The molecule has 0 saturated carbocycles. The Kier molecular flexibility index (Phi) is 4.35. The van der Waals surface area contributed by atoms with Crippen molar-refractivity contribution in [3.05, 3.63) is 54.6 Å².